The quantitative estimate of drug-likeness (QED) is 0.322. The minimum atomic E-state index is -3.99. The average Bonchev–Trinajstić information content (AvgIpc) is 3.45. The summed E-state index contributed by atoms with van der Waals surface area (Å²) in [4.78, 5) is 29.2. The predicted molar refractivity (Wildman–Crippen MR) is 158 cm³/mol. The fourth-order valence-corrected chi connectivity index (χ4v) is 6.33. The van der Waals surface area contributed by atoms with Gasteiger partial charge >= 0.3 is 0 Å². The van der Waals surface area contributed by atoms with Crippen LogP contribution >= 0.6 is 23.2 Å². The first kappa shape index (κ1) is 30.1. The molecule has 1 aliphatic rings. The highest BCUT2D eigenvalue weighted by molar-refractivity contribution is 7.89. The number of hydrogen-bond donors (Lipinski definition) is 1. The van der Waals surface area contributed by atoms with Crippen molar-refractivity contribution in [1.82, 2.24) is 14.5 Å². The van der Waals surface area contributed by atoms with Gasteiger partial charge < -0.3 is 10.2 Å². The lowest BCUT2D eigenvalue weighted by molar-refractivity contribution is -0.141. The number of carbonyl (C=O) groups excluding carboxylic acids is 2. The van der Waals surface area contributed by atoms with Gasteiger partial charge in [-0.15, -0.1) is 0 Å². The van der Waals surface area contributed by atoms with Crippen molar-refractivity contribution in [3.05, 3.63) is 100 Å². The van der Waals surface area contributed by atoms with Crippen molar-refractivity contribution in [2.24, 2.45) is 0 Å². The Balaban J connectivity index is 1.66. The second kappa shape index (κ2) is 13.6. The van der Waals surface area contributed by atoms with Crippen LogP contribution in [0.15, 0.2) is 83.8 Å². The summed E-state index contributed by atoms with van der Waals surface area (Å²) in [5.74, 6) is -0.776. The molecule has 7 nitrogen and oxygen atoms in total. The van der Waals surface area contributed by atoms with Crippen molar-refractivity contribution in [1.29, 1.82) is 0 Å². The molecule has 1 N–H and O–H groups in total. The van der Waals surface area contributed by atoms with Gasteiger partial charge in [-0.05, 0) is 54.3 Å². The van der Waals surface area contributed by atoms with Crippen LogP contribution in [0.3, 0.4) is 0 Å². The van der Waals surface area contributed by atoms with E-state index < -0.39 is 28.5 Å². The van der Waals surface area contributed by atoms with E-state index in [-0.39, 0.29) is 29.8 Å². The van der Waals surface area contributed by atoms with Gasteiger partial charge in [0.1, 0.15) is 6.04 Å². The molecule has 4 rings (SSSR count). The molecule has 0 spiro atoms. The van der Waals surface area contributed by atoms with E-state index in [4.69, 9.17) is 23.2 Å². The number of rotatable bonds is 11. The summed E-state index contributed by atoms with van der Waals surface area (Å²) in [6.45, 7) is -0.416. The third-order valence-corrected chi connectivity index (χ3v) is 9.59. The van der Waals surface area contributed by atoms with Gasteiger partial charge in [-0.3, -0.25) is 9.59 Å². The average molecular weight is 603 g/mol. The van der Waals surface area contributed by atoms with E-state index in [1.165, 1.54) is 36.2 Å². The summed E-state index contributed by atoms with van der Waals surface area (Å²) in [6, 6.07) is 21.5. The van der Waals surface area contributed by atoms with Crippen molar-refractivity contribution in [2.75, 3.05) is 13.6 Å². The molecule has 1 atom stereocenters. The topological polar surface area (TPSA) is 86.8 Å². The van der Waals surface area contributed by atoms with Crippen molar-refractivity contribution >= 4 is 45.0 Å². The van der Waals surface area contributed by atoms with Crippen LogP contribution in [0.4, 0.5) is 0 Å². The van der Waals surface area contributed by atoms with Crippen LogP contribution in [0.1, 0.15) is 36.8 Å². The molecule has 0 saturated heterocycles. The zero-order valence-electron chi connectivity index (χ0n) is 22.3. The molecule has 1 aliphatic carbocycles. The number of sulfonamides is 1. The fourth-order valence-electron chi connectivity index (χ4n) is 4.88. The number of nitrogens with one attached hydrogen (secondary N) is 1. The molecule has 1 saturated carbocycles. The van der Waals surface area contributed by atoms with Gasteiger partial charge in [0.15, 0.2) is 0 Å². The summed E-state index contributed by atoms with van der Waals surface area (Å²) in [7, 11) is -2.64. The van der Waals surface area contributed by atoms with Crippen LogP contribution in [-0.4, -0.2) is 55.1 Å². The highest BCUT2D eigenvalue weighted by Gasteiger charge is 2.34. The molecule has 0 bridgehead atoms. The molecule has 0 aliphatic heterocycles. The van der Waals surface area contributed by atoms with Gasteiger partial charge in [0, 0.05) is 36.1 Å². The second-order valence-electron chi connectivity index (χ2n) is 10.0. The Morgan fingerprint density at radius 3 is 2.20 bits per heavy atom. The van der Waals surface area contributed by atoms with Crippen molar-refractivity contribution in [2.45, 2.75) is 55.6 Å². The van der Waals surface area contributed by atoms with E-state index in [1.54, 1.807) is 18.2 Å². The van der Waals surface area contributed by atoms with E-state index in [9.17, 15) is 18.0 Å². The van der Waals surface area contributed by atoms with E-state index in [2.05, 4.69) is 5.32 Å². The highest BCUT2D eigenvalue weighted by Crippen LogP contribution is 2.23. The number of likely N-dealkylation sites (N-methyl/N-ethyl adjacent to an activating group) is 1. The van der Waals surface area contributed by atoms with Crippen LogP contribution in [0, 0.1) is 0 Å². The third kappa shape index (κ3) is 7.63. The predicted octanol–water partition coefficient (Wildman–Crippen LogP) is 5.31. The van der Waals surface area contributed by atoms with Crippen LogP contribution in [0.5, 0.6) is 0 Å². The number of benzene rings is 3. The molecular formula is C30H33Cl2N3O4S. The Morgan fingerprint density at radius 2 is 1.55 bits per heavy atom. The lowest BCUT2D eigenvalue weighted by atomic mass is 10.0. The number of nitrogens with zero attached hydrogens (tertiary/aromatic N) is 2. The fraction of sp³-hybridized carbons (Fsp3) is 0.333. The van der Waals surface area contributed by atoms with E-state index in [0.29, 0.717) is 15.6 Å². The molecule has 212 valence electrons. The Morgan fingerprint density at radius 1 is 0.925 bits per heavy atom. The maximum atomic E-state index is 14.0. The lowest BCUT2D eigenvalue weighted by Crippen LogP contribution is -2.54. The Kier molecular flexibility index (Phi) is 10.2. The van der Waals surface area contributed by atoms with Gasteiger partial charge in [0.05, 0.1) is 11.4 Å². The summed E-state index contributed by atoms with van der Waals surface area (Å²) in [5.41, 5.74) is 1.54. The molecule has 10 heteroatoms. The first-order valence-electron chi connectivity index (χ1n) is 13.2. The Labute approximate surface area is 246 Å². The minimum Gasteiger partial charge on any atom is -0.352 e. The maximum absolute atomic E-state index is 14.0. The van der Waals surface area contributed by atoms with E-state index in [1.807, 2.05) is 36.4 Å². The zero-order valence-corrected chi connectivity index (χ0v) is 24.6. The Bertz CT molecular complexity index is 1410. The monoisotopic (exact) mass is 601 g/mol. The second-order valence-corrected chi connectivity index (χ2v) is 12.9. The van der Waals surface area contributed by atoms with E-state index >= 15 is 0 Å². The summed E-state index contributed by atoms with van der Waals surface area (Å²) in [6.07, 6.45) is 4.14. The molecule has 0 aromatic heterocycles. The van der Waals surface area contributed by atoms with Crippen LogP contribution in [0.2, 0.25) is 10.0 Å². The van der Waals surface area contributed by atoms with Crippen molar-refractivity contribution < 1.29 is 18.0 Å². The minimum absolute atomic E-state index is 0.0182. The van der Waals surface area contributed by atoms with Gasteiger partial charge in [0.25, 0.3) is 0 Å². The smallest absolute Gasteiger partial charge is 0.243 e. The normalized spacial score (nSPS) is 14.7. The molecular weight excluding hydrogens is 569 g/mol. The molecule has 0 heterocycles. The zero-order chi connectivity index (χ0) is 28.7. The number of carbonyl (C=O) groups is 2. The number of halogens is 2. The molecule has 1 fully saturated rings. The molecule has 0 unspecified atom stereocenters. The number of amides is 2. The molecule has 2 amide bonds. The highest BCUT2D eigenvalue weighted by atomic mass is 35.5. The molecule has 3 aromatic rings. The van der Waals surface area contributed by atoms with Gasteiger partial charge in [-0.1, -0.05) is 84.6 Å². The molecule has 3 aromatic carbocycles. The summed E-state index contributed by atoms with van der Waals surface area (Å²) >= 11 is 12.4. The standard InChI is InChI=1S/C30H33Cl2N3O4S/c1-34(40(38,39)26-17-15-24(31)16-18-26)21-29(36)35(20-23-11-5-8-14-27(23)32)28(19-22-9-3-2-4-10-22)30(37)33-25-12-6-7-13-25/h2-5,8-11,14-18,25,28H,6-7,12-13,19-21H2,1H3,(H,33,37)/t28-/m0/s1. The molecule has 40 heavy (non-hydrogen) atoms. The third-order valence-electron chi connectivity index (χ3n) is 7.15. The number of hydrogen-bond acceptors (Lipinski definition) is 4. The van der Waals surface area contributed by atoms with Crippen molar-refractivity contribution in [3.63, 3.8) is 0 Å². The summed E-state index contributed by atoms with van der Waals surface area (Å²) < 4.78 is 27.5. The van der Waals surface area contributed by atoms with Gasteiger partial charge in [-0.2, -0.15) is 4.31 Å². The largest absolute Gasteiger partial charge is 0.352 e. The van der Waals surface area contributed by atoms with Crippen LogP contribution in [-0.2, 0) is 32.6 Å². The SMILES string of the molecule is CN(CC(=O)N(Cc1ccccc1Cl)[C@@H](Cc1ccccc1)C(=O)NC1CCCC1)S(=O)(=O)c1ccc(Cl)cc1. The first-order valence-corrected chi connectivity index (χ1v) is 15.4. The van der Waals surface area contributed by atoms with Crippen molar-refractivity contribution in [3.8, 4) is 0 Å². The van der Waals surface area contributed by atoms with Crippen LogP contribution < -0.4 is 5.32 Å². The Hall–Kier alpha value is -2.91. The van der Waals surface area contributed by atoms with Crippen LogP contribution in [0.25, 0.3) is 0 Å². The summed E-state index contributed by atoms with van der Waals surface area (Å²) in [5, 5.41) is 4.00. The van der Waals surface area contributed by atoms with E-state index in [0.717, 1.165) is 35.6 Å². The first-order chi connectivity index (χ1) is 19.1. The van der Waals surface area contributed by atoms with Gasteiger partial charge in [0.2, 0.25) is 21.8 Å². The lowest BCUT2D eigenvalue weighted by Gasteiger charge is -2.33. The maximum Gasteiger partial charge on any atom is 0.243 e. The van der Waals surface area contributed by atoms with Gasteiger partial charge in [-0.25, -0.2) is 8.42 Å². The molecule has 0 radical (unpaired) electrons.